The highest BCUT2D eigenvalue weighted by Gasteiger charge is 2.05. The number of aromatic amines is 1. The minimum absolute atomic E-state index is 0.704. The molecule has 3 heteroatoms. The van der Waals surface area contributed by atoms with Crippen molar-refractivity contribution in [1.29, 1.82) is 0 Å². The van der Waals surface area contributed by atoms with Gasteiger partial charge in [0, 0.05) is 6.42 Å². The third-order valence-electron chi connectivity index (χ3n) is 3.25. The van der Waals surface area contributed by atoms with Crippen LogP contribution in [0.5, 0.6) is 0 Å². The van der Waals surface area contributed by atoms with E-state index in [4.69, 9.17) is 11.6 Å². The second-order valence-corrected chi connectivity index (χ2v) is 5.22. The second kappa shape index (κ2) is 5.06. The lowest BCUT2D eigenvalue weighted by molar-refractivity contribution is 0.889. The van der Waals surface area contributed by atoms with Gasteiger partial charge in [-0.05, 0) is 31.0 Å². The highest BCUT2D eigenvalue weighted by molar-refractivity contribution is 6.34. The van der Waals surface area contributed by atoms with Crippen LogP contribution in [0.3, 0.4) is 0 Å². The van der Waals surface area contributed by atoms with Crippen molar-refractivity contribution < 1.29 is 0 Å². The predicted molar refractivity (Wildman–Crippen MR) is 79.7 cm³/mol. The zero-order chi connectivity index (χ0) is 13.2. The quantitative estimate of drug-likeness (QED) is 0.755. The number of hydrogen-bond donors (Lipinski definition) is 1. The molecule has 2 nitrogen and oxygen atoms in total. The average molecular weight is 271 g/mol. The van der Waals surface area contributed by atoms with Crippen molar-refractivity contribution in [1.82, 2.24) is 9.97 Å². The number of para-hydroxylation sites is 1. The topological polar surface area (TPSA) is 28.7 Å². The van der Waals surface area contributed by atoms with E-state index in [1.807, 2.05) is 18.2 Å². The zero-order valence-electron chi connectivity index (χ0n) is 10.8. The minimum Gasteiger partial charge on any atom is -0.342 e. The molecule has 0 fully saturated rings. The Morgan fingerprint density at radius 1 is 1.11 bits per heavy atom. The molecule has 0 aliphatic carbocycles. The SMILES string of the molecule is Cc1cccc(CCc2nc3c(Cl)cccc3[nH]2)c1. The van der Waals surface area contributed by atoms with Gasteiger partial charge in [-0.25, -0.2) is 4.98 Å². The fraction of sp³-hybridized carbons (Fsp3) is 0.188. The average Bonchev–Trinajstić information content (AvgIpc) is 2.81. The van der Waals surface area contributed by atoms with E-state index in [9.17, 15) is 0 Å². The summed E-state index contributed by atoms with van der Waals surface area (Å²) in [4.78, 5) is 7.89. The summed E-state index contributed by atoms with van der Waals surface area (Å²) in [6.07, 6.45) is 1.88. The van der Waals surface area contributed by atoms with Gasteiger partial charge >= 0.3 is 0 Å². The lowest BCUT2D eigenvalue weighted by atomic mass is 10.1. The Morgan fingerprint density at radius 2 is 1.95 bits per heavy atom. The third kappa shape index (κ3) is 2.64. The maximum Gasteiger partial charge on any atom is 0.107 e. The number of aromatic nitrogens is 2. The van der Waals surface area contributed by atoms with Crippen LogP contribution in [0.15, 0.2) is 42.5 Å². The van der Waals surface area contributed by atoms with E-state index < -0.39 is 0 Å². The van der Waals surface area contributed by atoms with Crippen LogP contribution in [0, 0.1) is 6.92 Å². The van der Waals surface area contributed by atoms with E-state index in [-0.39, 0.29) is 0 Å². The van der Waals surface area contributed by atoms with Crippen molar-refractivity contribution in [2.24, 2.45) is 0 Å². The molecule has 3 rings (SSSR count). The van der Waals surface area contributed by atoms with Crippen LogP contribution in [0.2, 0.25) is 5.02 Å². The molecule has 1 aromatic heterocycles. The molecule has 96 valence electrons. The largest absolute Gasteiger partial charge is 0.342 e. The molecule has 0 saturated carbocycles. The maximum atomic E-state index is 6.13. The summed E-state index contributed by atoms with van der Waals surface area (Å²) in [6.45, 7) is 2.12. The molecule has 0 spiro atoms. The zero-order valence-corrected chi connectivity index (χ0v) is 11.5. The van der Waals surface area contributed by atoms with Crippen molar-refractivity contribution in [3.05, 3.63) is 64.4 Å². The molecule has 2 aromatic carbocycles. The first-order chi connectivity index (χ1) is 9.22. The molecule has 0 radical (unpaired) electrons. The van der Waals surface area contributed by atoms with E-state index in [0.29, 0.717) is 5.02 Å². The summed E-state index contributed by atoms with van der Waals surface area (Å²) < 4.78 is 0. The lowest BCUT2D eigenvalue weighted by Gasteiger charge is -2.00. The fourth-order valence-corrected chi connectivity index (χ4v) is 2.51. The molecule has 3 aromatic rings. The number of nitrogens with one attached hydrogen (secondary N) is 1. The Morgan fingerprint density at radius 3 is 2.74 bits per heavy atom. The van der Waals surface area contributed by atoms with Gasteiger partial charge in [0.25, 0.3) is 0 Å². The van der Waals surface area contributed by atoms with Crippen molar-refractivity contribution in [3.63, 3.8) is 0 Å². The van der Waals surface area contributed by atoms with Crippen LogP contribution in [-0.2, 0) is 12.8 Å². The lowest BCUT2D eigenvalue weighted by Crippen LogP contribution is -1.93. The number of hydrogen-bond acceptors (Lipinski definition) is 1. The van der Waals surface area contributed by atoms with E-state index >= 15 is 0 Å². The number of benzene rings is 2. The summed E-state index contributed by atoms with van der Waals surface area (Å²) in [5.41, 5.74) is 4.51. The van der Waals surface area contributed by atoms with Crippen LogP contribution in [-0.4, -0.2) is 9.97 Å². The van der Waals surface area contributed by atoms with E-state index in [0.717, 1.165) is 29.7 Å². The molecule has 0 aliphatic rings. The summed E-state index contributed by atoms with van der Waals surface area (Å²) in [7, 11) is 0. The second-order valence-electron chi connectivity index (χ2n) is 4.81. The number of fused-ring (bicyclic) bond motifs is 1. The van der Waals surface area contributed by atoms with Crippen molar-refractivity contribution in [2.75, 3.05) is 0 Å². The molecular formula is C16H15ClN2. The van der Waals surface area contributed by atoms with Gasteiger partial charge in [-0.1, -0.05) is 47.5 Å². The Balaban J connectivity index is 1.80. The van der Waals surface area contributed by atoms with Gasteiger partial charge < -0.3 is 4.98 Å². The number of H-pyrrole nitrogens is 1. The summed E-state index contributed by atoms with van der Waals surface area (Å²) in [5, 5.41) is 0.704. The van der Waals surface area contributed by atoms with Crippen LogP contribution < -0.4 is 0 Å². The van der Waals surface area contributed by atoms with Crippen molar-refractivity contribution in [3.8, 4) is 0 Å². The number of rotatable bonds is 3. The summed E-state index contributed by atoms with van der Waals surface area (Å²) in [5.74, 6) is 0.990. The molecule has 0 saturated heterocycles. The molecular weight excluding hydrogens is 256 g/mol. The van der Waals surface area contributed by atoms with E-state index in [1.54, 1.807) is 0 Å². The predicted octanol–water partition coefficient (Wildman–Crippen LogP) is 4.31. The van der Waals surface area contributed by atoms with Crippen molar-refractivity contribution >= 4 is 22.6 Å². The highest BCUT2D eigenvalue weighted by Crippen LogP contribution is 2.21. The Bertz CT molecular complexity index is 716. The first-order valence-corrected chi connectivity index (χ1v) is 6.79. The monoisotopic (exact) mass is 270 g/mol. The van der Waals surface area contributed by atoms with Crippen LogP contribution >= 0.6 is 11.6 Å². The number of aryl methyl sites for hydroxylation is 3. The molecule has 1 N–H and O–H groups in total. The number of nitrogens with zero attached hydrogens (tertiary/aromatic N) is 1. The van der Waals surface area contributed by atoms with E-state index in [1.165, 1.54) is 11.1 Å². The Hall–Kier alpha value is -1.80. The van der Waals surface area contributed by atoms with Crippen LogP contribution in [0.4, 0.5) is 0 Å². The van der Waals surface area contributed by atoms with Gasteiger partial charge in [0.2, 0.25) is 0 Å². The van der Waals surface area contributed by atoms with Gasteiger partial charge in [0.1, 0.15) is 11.3 Å². The smallest absolute Gasteiger partial charge is 0.107 e. The van der Waals surface area contributed by atoms with Gasteiger partial charge in [0.15, 0.2) is 0 Å². The molecule has 19 heavy (non-hydrogen) atoms. The molecule has 0 unspecified atom stereocenters. The normalized spacial score (nSPS) is 11.1. The molecule has 1 heterocycles. The van der Waals surface area contributed by atoms with Crippen LogP contribution in [0.1, 0.15) is 17.0 Å². The number of halogens is 1. The standard InChI is InChI=1S/C16H15ClN2/c1-11-4-2-5-12(10-11)8-9-15-18-14-7-3-6-13(17)16(14)19-15/h2-7,10H,8-9H2,1H3,(H,18,19). The molecule has 0 amide bonds. The summed E-state index contributed by atoms with van der Waals surface area (Å²) in [6, 6.07) is 14.4. The molecule has 0 atom stereocenters. The number of imidazole rings is 1. The first-order valence-electron chi connectivity index (χ1n) is 6.41. The van der Waals surface area contributed by atoms with Crippen molar-refractivity contribution in [2.45, 2.75) is 19.8 Å². The minimum atomic E-state index is 0.704. The highest BCUT2D eigenvalue weighted by atomic mass is 35.5. The van der Waals surface area contributed by atoms with Gasteiger partial charge in [-0.3, -0.25) is 0 Å². The van der Waals surface area contributed by atoms with Crippen LogP contribution in [0.25, 0.3) is 11.0 Å². The fourth-order valence-electron chi connectivity index (χ4n) is 2.30. The molecule has 0 bridgehead atoms. The van der Waals surface area contributed by atoms with Gasteiger partial charge in [-0.2, -0.15) is 0 Å². The first kappa shape index (κ1) is 12.2. The van der Waals surface area contributed by atoms with Gasteiger partial charge in [-0.15, -0.1) is 0 Å². The Labute approximate surface area is 117 Å². The Kier molecular flexibility index (Phi) is 3.26. The molecule has 0 aliphatic heterocycles. The maximum absolute atomic E-state index is 6.13. The van der Waals surface area contributed by atoms with E-state index in [2.05, 4.69) is 41.2 Å². The summed E-state index contributed by atoms with van der Waals surface area (Å²) >= 11 is 6.13. The van der Waals surface area contributed by atoms with Gasteiger partial charge in [0.05, 0.1) is 10.5 Å². The third-order valence-corrected chi connectivity index (χ3v) is 3.55.